The van der Waals surface area contributed by atoms with Gasteiger partial charge in [-0.05, 0) is 66.7 Å². The van der Waals surface area contributed by atoms with Crippen LogP contribution in [0.2, 0.25) is 0 Å². The quantitative estimate of drug-likeness (QED) is 0.307. The second-order valence-electron chi connectivity index (χ2n) is 10.6. The lowest BCUT2D eigenvalue weighted by atomic mass is 9.82. The summed E-state index contributed by atoms with van der Waals surface area (Å²) >= 11 is 0. The molecule has 1 aromatic heterocycles. The van der Waals surface area contributed by atoms with Gasteiger partial charge in [0.05, 0.1) is 17.2 Å². The van der Waals surface area contributed by atoms with E-state index in [2.05, 4.69) is 4.90 Å². The number of fused-ring (bicyclic) bond motifs is 4. The van der Waals surface area contributed by atoms with Gasteiger partial charge in [0.2, 0.25) is 0 Å². The van der Waals surface area contributed by atoms with Crippen LogP contribution in [0.3, 0.4) is 0 Å². The van der Waals surface area contributed by atoms with Crippen molar-refractivity contribution in [3.05, 3.63) is 94.5 Å². The zero-order valence-corrected chi connectivity index (χ0v) is 22.1. The SMILES string of the molecule is O=CCc1ccc2c(c1)oc(=O)n2CC=Cc1ccc(-c2ccccc2)c(N(C(=O)O)C2CN3CCC2CC3)c1. The van der Waals surface area contributed by atoms with E-state index in [1.54, 1.807) is 17.0 Å². The normalized spacial score (nSPS) is 20.2. The third kappa shape index (κ3) is 4.98. The molecule has 1 atom stereocenters. The molecule has 0 saturated carbocycles. The van der Waals surface area contributed by atoms with Crippen LogP contribution in [0.1, 0.15) is 24.0 Å². The first-order valence-corrected chi connectivity index (χ1v) is 13.7. The second kappa shape index (κ2) is 11.0. The van der Waals surface area contributed by atoms with Crippen molar-refractivity contribution in [2.75, 3.05) is 24.5 Å². The Morgan fingerprint density at radius 2 is 1.85 bits per heavy atom. The van der Waals surface area contributed by atoms with Gasteiger partial charge >= 0.3 is 11.8 Å². The van der Waals surface area contributed by atoms with E-state index in [9.17, 15) is 19.5 Å². The predicted molar refractivity (Wildman–Crippen MR) is 155 cm³/mol. The number of carboxylic acid groups (broad SMARTS) is 1. The van der Waals surface area contributed by atoms with Crippen LogP contribution in [-0.4, -0.2) is 52.6 Å². The standard InChI is InChI=1S/C32H31N3O5/c36-18-14-23-9-11-27-30(20-23)40-32(39)34(27)15-4-5-22-8-10-26(24-6-2-1-3-7-24)28(19-22)35(31(37)38)29-21-33-16-12-25(29)13-17-33/h1-11,18-20,25,29H,12-17,21H2,(H,37,38). The summed E-state index contributed by atoms with van der Waals surface area (Å²) in [6.07, 6.45) is 5.94. The molecule has 4 heterocycles. The molecule has 1 unspecified atom stereocenters. The molecule has 1 N–H and O–H groups in total. The molecule has 8 heteroatoms. The minimum atomic E-state index is -0.942. The molecule has 2 bridgehead atoms. The largest absolute Gasteiger partial charge is 0.465 e. The molecule has 3 aliphatic rings. The number of rotatable bonds is 8. The molecule has 3 fully saturated rings. The van der Waals surface area contributed by atoms with E-state index in [1.807, 2.05) is 66.7 Å². The first-order chi connectivity index (χ1) is 19.5. The Labute approximate surface area is 231 Å². The number of carbonyl (C=O) groups excluding carboxylic acids is 1. The number of hydrogen-bond donors (Lipinski definition) is 1. The van der Waals surface area contributed by atoms with Gasteiger partial charge in [-0.25, -0.2) is 9.59 Å². The van der Waals surface area contributed by atoms with Crippen molar-refractivity contribution >= 4 is 35.2 Å². The summed E-state index contributed by atoms with van der Waals surface area (Å²) in [5.41, 5.74) is 5.25. The molecule has 3 aliphatic heterocycles. The van der Waals surface area contributed by atoms with Gasteiger partial charge < -0.3 is 19.2 Å². The van der Waals surface area contributed by atoms with E-state index in [0.29, 0.717) is 22.7 Å². The van der Waals surface area contributed by atoms with E-state index in [1.165, 1.54) is 4.57 Å². The smallest absolute Gasteiger partial charge is 0.420 e. The molecule has 7 rings (SSSR count). The fourth-order valence-electron chi connectivity index (χ4n) is 6.16. The molecule has 0 radical (unpaired) electrons. The maximum absolute atomic E-state index is 12.8. The van der Waals surface area contributed by atoms with Crippen LogP contribution in [0.25, 0.3) is 28.3 Å². The van der Waals surface area contributed by atoms with Gasteiger partial charge in [0, 0.05) is 25.1 Å². The Kier molecular flexibility index (Phi) is 7.09. The Morgan fingerprint density at radius 1 is 1.05 bits per heavy atom. The molecule has 8 nitrogen and oxygen atoms in total. The summed E-state index contributed by atoms with van der Waals surface area (Å²) in [7, 11) is 0. The van der Waals surface area contributed by atoms with Crippen LogP contribution in [-0.2, 0) is 17.8 Å². The summed E-state index contributed by atoms with van der Waals surface area (Å²) in [4.78, 5) is 40.1. The number of benzene rings is 3. The molecule has 3 saturated heterocycles. The van der Waals surface area contributed by atoms with E-state index in [0.717, 1.165) is 61.0 Å². The highest BCUT2D eigenvalue weighted by Gasteiger charge is 2.40. The first-order valence-electron chi connectivity index (χ1n) is 13.7. The molecule has 0 aliphatic carbocycles. The minimum absolute atomic E-state index is 0.0957. The Morgan fingerprint density at radius 3 is 2.55 bits per heavy atom. The van der Waals surface area contributed by atoms with Crippen LogP contribution in [0.5, 0.6) is 0 Å². The highest BCUT2D eigenvalue weighted by Crippen LogP contribution is 2.39. The number of allylic oxidation sites excluding steroid dienone is 1. The Bertz CT molecular complexity index is 1630. The highest BCUT2D eigenvalue weighted by molar-refractivity contribution is 5.94. The van der Waals surface area contributed by atoms with Gasteiger partial charge in [-0.2, -0.15) is 0 Å². The topological polar surface area (TPSA) is 96.0 Å². The highest BCUT2D eigenvalue weighted by atomic mass is 16.4. The van der Waals surface area contributed by atoms with Gasteiger partial charge in [0.25, 0.3) is 0 Å². The summed E-state index contributed by atoms with van der Waals surface area (Å²) in [5, 5.41) is 10.5. The monoisotopic (exact) mass is 537 g/mol. The van der Waals surface area contributed by atoms with E-state index >= 15 is 0 Å². The summed E-state index contributed by atoms with van der Waals surface area (Å²) in [6, 6.07) is 21.0. The minimum Gasteiger partial charge on any atom is -0.465 e. The summed E-state index contributed by atoms with van der Waals surface area (Å²) < 4.78 is 6.94. The molecular weight excluding hydrogens is 506 g/mol. The van der Waals surface area contributed by atoms with E-state index in [4.69, 9.17) is 4.42 Å². The summed E-state index contributed by atoms with van der Waals surface area (Å²) in [5.74, 6) is -0.125. The van der Waals surface area contributed by atoms with Gasteiger partial charge in [-0.1, -0.05) is 60.7 Å². The first kappa shape index (κ1) is 25.8. The summed E-state index contributed by atoms with van der Waals surface area (Å²) in [6.45, 7) is 3.10. The van der Waals surface area contributed by atoms with Crippen LogP contribution >= 0.6 is 0 Å². The fraction of sp³-hybridized carbons (Fsp3) is 0.281. The number of aldehydes is 1. The van der Waals surface area contributed by atoms with Gasteiger partial charge in [-0.3, -0.25) is 9.47 Å². The lowest BCUT2D eigenvalue weighted by Gasteiger charge is -2.48. The van der Waals surface area contributed by atoms with Crippen molar-refractivity contribution in [3.63, 3.8) is 0 Å². The average Bonchev–Trinajstić information content (AvgIpc) is 3.28. The molecule has 204 valence electrons. The molecule has 40 heavy (non-hydrogen) atoms. The van der Waals surface area contributed by atoms with Crippen molar-refractivity contribution in [2.24, 2.45) is 5.92 Å². The third-order valence-electron chi connectivity index (χ3n) is 8.18. The van der Waals surface area contributed by atoms with Crippen molar-refractivity contribution in [2.45, 2.75) is 31.8 Å². The molecule has 4 aromatic rings. The molecule has 0 spiro atoms. The number of hydrogen-bond acceptors (Lipinski definition) is 5. The third-order valence-corrected chi connectivity index (χ3v) is 8.18. The average molecular weight is 538 g/mol. The number of nitrogens with zero attached hydrogens (tertiary/aromatic N) is 3. The zero-order chi connectivity index (χ0) is 27.6. The number of amides is 1. The molecule has 1 amide bonds. The molecule has 3 aromatic carbocycles. The van der Waals surface area contributed by atoms with Crippen LogP contribution < -0.4 is 10.7 Å². The van der Waals surface area contributed by atoms with Gasteiger partial charge in [0.1, 0.15) is 6.29 Å². The predicted octanol–water partition coefficient (Wildman–Crippen LogP) is 5.29. The zero-order valence-electron chi connectivity index (χ0n) is 22.1. The van der Waals surface area contributed by atoms with Crippen LogP contribution in [0.15, 0.2) is 82.0 Å². The van der Waals surface area contributed by atoms with E-state index in [-0.39, 0.29) is 19.0 Å². The maximum Gasteiger partial charge on any atom is 0.420 e. The fourth-order valence-corrected chi connectivity index (χ4v) is 6.16. The maximum atomic E-state index is 12.8. The number of piperidine rings is 3. The number of aromatic nitrogens is 1. The Balaban J connectivity index is 1.34. The second-order valence-corrected chi connectivity index (χ2v) is 10.6. The van der Waals surface area contributed by atoms with Crippen molar-refractivity contribution in [1.29, 1.82) is 0 Å². The number of oxazole rings is 1. The van der Waals surface area contributed by atoms with Crippen LogP contribution in [0.4, 0.5) is 10.5 Å². The molecular formula is C32H31N3O5. The number of carbonyl (C=O) groups is 2. The van der Waals surface area contributed by atoms with Crippen molar-refractivity contribution in [1.82, 2.24) is 9.47 Å². The van der Waals surface area contributed by atoms with E-state index < -0.39 is 11.8 Å². The lowest BCUT2D eigenvalue weighted by molar-refractivity contribution is -0.107. The van der Waals surface area contributed by atoms with Crippen LogP contribution in [0, 0.1) is 5.92 Å². The van der Waals surface area contributed by atoms with Crippen molar-refractivity contribution < 1.29 is 19.1 Å². The van der Waals surface area contributed by atoms with Crippen molar-refractivity contribution in [3.8, 4) is 11.1 Å². The van der Waals surface area contributed by atoms with Gasteiger partial charge in [0.15, 0.2) is 5.58 Å². The lowest BCUT2D eigenvalue weighted by Crippen LogP contribution is -2.59. The Hall–Kier alpha value is -4.43. The number of anilines is 1. The van der Waals surface area contributed by atoms with Gasteiger partial charge in [-0.15, -0.1) is 0 Å².